The molecule has 1 aromatic rings. The fourth-order valence-electron chi connectivity index (χ4n) is 3.83. The number of fused-ring (bicyclic) bond motifs is 1. The normalized spacial score (nSPS) is 32.5. The highest BCUT2D eigenvalue weighted by Crippen LogP contribution is 2.36. The fraction of sp³-hybridized carbons (Fsp3) is 0.714. The third-order valence-electron chi connectivity index (χ3n) is 6.35. The summed E-state index contributed by atoms with van der Waals surface area (Å²) in [5, 5.41) is 0. The van der Waals surface area contributed by atoms with Crippen LogP contribution in [0.15, 0.2) is 24.3 Å². The van der Waals surface area contributed by atoms with Gasteiger partial charge in [0.25, 0.3) is 0 Å². The number of rotatable bonds is 7. The molecular weight excluding hydrogens is 375 g/mol. The maximum absolute atomic E-state index is 6.08. The molecule has 3 aliphatic heterocycles. The van der Waals surface area contributed by atoms with Gasteiger partial charge in [0.2, 0.25) is 0 Å². The molecule has 4 atom stereocenters. The molecule has 0 radical (unpaired) electrons. The molecular formula is C21H31BO7. The van der Waals surface area contributed by atoms with Crippen molar-refractivity contribution >= 4 is 12.6 Å². The molecule has 1 aromatic carbocycles. The van der Waals surface area contributed by atoms with Crippen molar-refractivity contribution in [2.45, 2.75) is 63.3 Å². The topological polar surface area (TPSA) is 64.6 Å². The van der Waals surface area contributed by atoms with Crippen molar-refractivity contribution in [1.29, 1.82) is 0 Å². The Kier molecular flexibility index (Phi) is 5.94. The Morgan fingerprint density at radius 2 is 1.48 bits per heavy atom. The van der Waals surface area contributed by atoms with Crippen LogP contribution in [0.3, 0.4) is 0 Å². The van der Waals surface area contributed by atoms with Crippen LogP contribution in [0.25, 0.3) is 0 Å². The zero-order chi connectivity index (χ0) is 20.6. The maximum Gasteiger partial charge on any atom is 0.494 e. The summed E-state index contributed by atoms with van der Waals surface area (Å²) in [4.78, 5) is 0. The van der Waals surface area contributed by atoms with E-state index in [-0.39, 0.29) is 42.7 Å². The van der Waals surface area contributed by atoms with E-state index in [0.717, 1.165) is 11.2 Å². The van der Waals surface area contributed by atoms with Gasteiger partial charge in [-0.15, -0.1) is 0 Å². The lowest BCUT2D eigenvalue weighted by Gasteiger charge is -2.32. The van der Waals surface area contributed by atoms with E-state index in [2.05, 4.69) is 0 Å². The summed E-state index contributed by atoms with van der Waals surface area (Å²) in [6, 6.07) is 7.81. The minimum absolute atomic E-state index is 0.00709. The van der Waals surface area contributed by atoms with Crippen LogP contribution in [0.2, 0.25) is 0 Å². The van der Waals surface area contributed by atoms with E-state index >= 15 is 0 Å². The third-order valence-corrected chi connectivity index (χ3v) is 6.35. The monoisotopic (exact) mass is 406 g/mol. The number of benzene rings is 1. The standard InChI is InChI=1S/C21H31BO7/c1-20(2)21(3,4)29-22(28-20)14-6-8-15(9-7-14)24-10-11-25-17-13-27-18-16(23-5)12-26-19(17)18/h6-9,16-19H,10-13H2,1-5H3/t16-,17-,18-,19-/m1/s1. The number of hydrogen-bond donors (Lipinski definition) is 0. The van der Waals surface area contributed by atoms with E-state index in [4.69, 9.17) is 33.0 Å². The van der Waals surface area contributed by atoms with Crippen LogP contribution in [0.5, 0.6) is 5.75 Å². The first-order chi connectivity index (χ1) is 13.8. The van der Waals surface area contributed by atoms with Crippen LogP contribution in [0, 0.1) is 0 Å². The van der Waals surface area contributed by atoms with Crippen molar-refractivity contribution in [1.82, 2.24) is 0 Å². The summed E-state index contributed by atoms with van der Waals surface area (Å²) < 4.78 is 40.8. The van der Waals surface area contributed by atoms with Gasteiger partial charge >= 0.3 is 7.12 Å². The molecule has 8 heteroatoms. The van der Waals surface area contributed by atoms with Crippen LogP contribution in [-0.4, -0.2) is 76.3 Å². The molecule has 7 nitrogen and oxygen atoms in total. The molecule has 4 rings (SSSR count). The smallest absolute Gasteiger partial charge is 0.491 e. The first-order valence-electron chi connectivity index (χ1n) is 10.3. The molecule has 0 aromatic heterocycles. The first kappa shape index (κ1) is 21.1. The largest absolute Gasteiger partial charge is 0.494 e. The Morgan fingerprint density at radius 1 is 0.897 bits per heavy atom. The Morgan fingerprint density at radius 3 is 2.10 bits per heavy atom. The molecule has 0 unspecified atom stereocenters. The van der Waals surface area contributed by atoms with Gasteiger partial charge < -0.3 is 33.0 Å². The van der Waals surface area contributed by atoms with Crippen molar-refractivity contribution in [2.24, 2.45) is 0 Å². The molecule has 0 saturated carbocycles. The van der Waals surface area contributed by atoms with E-state index in [9.17, 15) is 0 Å². The van der Waals surface area contributed by atoms with Gasteiger partial charge in [0.15, 0.2) is 0 Å². The van der Waals surface area contributed by atoms with Crippen molar-refractivity contribution in [3.8, 4) is 5.75 Å². The second-order valence-corrected chi connectivity index (χ2v) is 8.79. The van der Waals surface area contributed by atoms with Gasteiger partial charge in [-0.05, 0) is 45.3 Å². The van der Waals surface area contributed by atoms with Gasteiger partial charge in [-0.1, -0.05) is 12.1 Å². The average Bonchev–Trinajstić information content (AvgIpc) is 3.32. The van der Waals surface area contributed by atoms with Crippen LogP contribution < -0.4 is 10.2 Å². The molecule has 3 heterocycles. The predicted molar refractivity (Wildman–Crippen MR) is 108 cm³/mol. The highest BCUT2D eigenvalue weighted by atomic mass is 16.7. The SMILES string of the molecule is CO[C@@H]1CO[C@H]2[C@@H]1OC[C@H]2OCCOc1ccc(B2OC(C)(C)C(C)(C)O2)cc1. The van der Waals surface area contributed by atoms with Gasteiger partial charge in [0.1, 0.15) is 36.8 Å². The van der Waals surface area contributed by atoms with Gasteiger partial charge in [-0.2, -0.15) is 0 Å². The lowest BCUT2D eigenvalue weighted by molar-refractivity contribution is -0.0472. The van der Waals surface area contributed by atoms with Crippen LogP contribution >= 0.6 is 0 Å². The lowest BCUT2D eigenvalue weighted by Crippen LogP contribution is -2.41. The first-order valence-corrected chi connectivity index (χ1v) is 10.3. The van der Waals surface area contributed by atoms with E-state index in [1.54, 1.807) is 7.11 Å². The van der Waals surface area contributed by atoms with E-state index in [1.165, 1.54) is 0 Å². The van der Waals surface area contributed by atoms with Gasteiger partial charge in [0, 0.05) is 7.11 Å². The zero-order valence-electron chi connectivity index (χ0n) is 17.9. The molecule has 0 N–H and O–H groups in total. The minimum Gasteiger partial charge on any atom is -0.491 e. The van der Waals surface area contributed by atoms with Crippen LogP contribution in [-0.2, 0) is 28.3 Å². The molecule has 3 aliphatic rings. The Bertz CT molecular complexity index is 677. The van der Waals surface area contributed by atoms with Crippen molar-refractivity contribution in [3.05, 3.63) is 24.3 Å². The summed E-state index contributed by atoms with van der Waals surface area (Å²) in [7, 11) is 1.31. The van der Waals surface area contributed by atoms with Crippen molar-refractivity contribution < 1.29 is 33.0 Å². The summed E-state index contributed by atoms with van der Waals surface area (Å²) in [6.45, 7) is 10.2. The molecule has 3 fully saturated rings. The highest BCUT2D eigenvalue weighted by Gasteiger charge is 2.51. The predicted octanol–water partition coefficient (Wildman–Crippen LogP) is 1.56. The van der Waals surface area contributed by atoms with Crippen LogP contribution in [0.1, 0.15) is 27.7 Å². The van der Waals surface area contributed by atoms with E-state index < -0.39 is 0 Å². The third kappa shape index (κ3) is 4.20. The lowest BCUT2D eigenvalue weighted by atomic mass is 9.79. The molecule has 0 bridgehead atoms. The number of ether oxygens (including phenoxy) is 5. The highest BCUT2D eigenvalue weighted by molar-refractivity contribution is 6.62. The zero-order valence-corrected chi connectivity index (χ0v) is 17.9. The number of methoxy groups -OCH3 is 1. The summed E-state index contributed by atoms with van der Waals surface area (Å²) >= 11 is 0. The molecule has 160 valence electrons. The number of hydrogen-bond acceptors (Lipinski definition) is 7. The summed E-state index contributed by atoms with van der Waals surface area (Å²) in [6.07, 6.45) is -0.172. The summed E-state index contributed by atoms with van der Waals surface area (Å²) in [5.41, 5.74) is 0.284. The van der Waals surface area contributed by atoms with Gasteiger partial charge in [0.05, 0.1) is 31.0 Å². The van der Waals surface area contributed by atoms with E-state index in [1.807, 2.05) is 52.0 Å². The second kappa shape index (κ2) is 8.17. The maximum atomic E-state index is 6.08. The van der Waals surface area contributed by atoms with Gasteiger partial charge in [-0.3, -0.25) is 0 Å². The second-order valence-electron chi connectivity index (χ2n) is 8.79. The van der Waals surface area contributed by atoms with Crippen molar-refractivity contribution in [2.75, 3.05) is 33.5 Å². The summed E-state index contributed by atoms with van der Waals surface area (Å²) in [5.74, 6) is 0.783. The Labute approximate surface area is 173 Å². The van der Waals surface area contributed by atoms with Crippen LogP contribution in [0.4, 0.5) is 0 Å². The minimum atomic E-state index is -0.366. The van der Waals surface area contributed by atoms with Crippen molar-refractivity contribution in [3.63, 3.8) is 0 Å². The quantitative estimate of drug-likeness (QED) is 0.503. The average molecular weight is 406 g/mol. The molecule has 0 aliphatic carbocycles. The molecule has 0 amide bonds. The fourth-order valence-corrected chi connectivity index (χ4v) is 3.83. The molecule has 3 saturated heterocycles. The Hall–Kier alpha value is -1.16. The van der Waals surface area contributed by atoms with Gasteiger partial charge in [-0.25, -0.2) is 0 Å². The Balaban J connectivity index is 1.22. The molecule has 0 spiro atoms. The molecule has 29 heavy (non-hydrogen) atoms. The van der Waals surface area contributed by atoms with E-state index in [0.29, 0.717) is 26.4 Å².